The van der Waals surface area contributed by atoms with Crippen molar-refractivity contribution >= 4 is 17.3 Å². The third-order valence-corrected chi connectivity index (χ3v) is 3.17. The third kappa shape index (κ3) is 1.81. The number of nitrogens with zero attached hydrogens (tertiary/aromatic N) is 2. The van der Waals surface area contributed by atoms with Gasteiger partial charge in [0, 0.05) is 0 Å². The van der Waals surface area contributed by atoms with Crippen molar-refractivity contribution in [2.45, 2.75) is 6.92 Å². The molecule has 1 aliphatic heterocycles. The van der Waals surface area contributed by atoms with E-state index in [4.69, 9.17) is 10.5 Å². The van der Waals surface area contributed by atoms with E-state index in [0.717, 1.165) is 5.69 Å². The fourth-order valence-corrected chi connectivity index (χ4v) is 2.11. The van der Waals surface area contributed by atoms with E-state index in [1.54, 1.807) is 11.8 Å². The maximum Gasteiger partial charge on any atom is 0.281 e. The minimum absolute atomic E-state index is 0.211. The fourth-order valence-electron chi connectivity index (χ4n) is 2.11. The van der Waals surface area contributed by atoms with Crippen LogP contribution in [0, 0.1) is 6.92 Å². The molecule has 0 atom stereocenters. The van der Waals surface area contributed by atoms with Crippen LogP contribution in [0.4, 0.5) is 11.4 Å². The van der Waals surface area contributed by atoms with E-state index in [1.165, 1.54) is 0 Å². The zero-order chi connectivity index (χ0) is 13.4. The number of carbonyl (C=O) groups is 1. The Labute approximate surface area is 110 Å². The Morgan fingerprint density at radius 1 is 1.47 bits per heavy atom. The van der Waals surface area contributed by atoms with E-state index in [2.05, 4.69) is 10.2 Å². The summed E-state index contributed by atoms with van der Waals surface area (Å²) in [5.74, 6) is 0.491. The Morgan fingerprint density at radius 3 is 3.00 bits per heavy atom. The Morgan fingerprint density at radius 2 is 2.26 bits per heavy atom. The molecule has 3 N–H and O–H groups in total. The molecule has 1 aliphatic rings. The quantitative estimate of drug-likeness (QED) is 0.808. The molecule has 2 aromatic rings. The minimum atomic E-state index is -0.211. The van der Waals surface area contributed by atoms with Crippen molar-refractivity contribution in [3.8, 4) is 5.75 Å². The number of nitrogen functional groups attached to an aromatic ring is 1. The molecule has 1 aromatic carbocycles. The van der Waals surface area contributed by atoms with Crippen LogP contribution in [0.25, 0.3) is 0 Å². The van der Waals surface area contributed by atoms with Gasteiger partial charge in [0.1, 0.15) is 12.4 Å². The topological polar surface area (TPSA) is 84.2 Å². The van der Waals surface area contributed by atoms with E-state index in [9.17, 15) is 4.79 Å². The number of anilines is 2. The van der Waals surface area contributed by atoms with Gasteiger partial charge in [0.05, 0.1) is 23.6 Å². The molecule has 98 valence electrons. The molecular formula is C13H14N4O2. The van der Waals surface area contributed by atoms with Gasteiger partial charge in [-0.05, 0) is 19.1 Å². The summed E-state index contributed by atoms with van der Waals surface area (Å²) >= 11 is 0. The van der Waals surface area contributed by atoms with Crippen LogP contribution in [-0.4, -0.2) is 29.3 Å². The lowest BCUT2D eigenvalue weighted by Crippen LogP contribution is -2.38. The number of aromatic amines is 1. The number of benzene rings is 1. The van der Waals surface area contributed by atoms with Gasteiger partial charge in [0.25, 0.3) is 5.91 Å². The van der Waals surface area contributed by atoms with Gasteiger partial charge < -0.3 is 10.5 Å². The van der Waals surface area contributed by atoms with E-state index in [0.29, 0.717) is 30.3 Å². The number of ether oxygens (including phenoxy) is 1. The molecule has 0 saturated carbocycles. The first kappa shape index (κ1) is 11.6. The van der Waals surface area contributed by atoms with E-state index >= 15 is 0 Å². The largest absolute Gasteiger partial charge is 0.490 e. The molecule has 0 fully saturated rings. The highest BCUT2D eigenvalue weighted by Crippen LogP contribution is 2.32. The third-order valence-electron chi connectivity index (χ3n) is 3.17. The van der Waals surface area contributed by atoms with Crippen LogP contribution in [0.3, 0.4) is 0 Å². The van der Waals surface area contributed by atoms with Crippen molar-refractivity contribution < 1.29 is 9.53 Å². The molecule has 0 bridgehead atoms. The number of hydrogen-bond acceptors (Lipinski definition) is 4. The van der Waals surface area contributed by atoms with Crippen molar-refractivity contribution in [3.63, 3.8) is 0 Å². The zero-order valence-corrected chi connectivity index (χ0v) is 10.5. The molecule has 6 heteroatoms. The molecule has 0 aliphatic carbocycles. The number of nitrogens with one attached hydrogen (secondary N) is 1. The highest BCUT2D eigenvalue weighted by molar-refractivity contribution is 6.09. The second-order valence-electron chi connectivity index (χ2n) is 4.38. The smallest absolute Gasteiger partial charge is 0.281 e. The zero-order valence-electron chi connectivity index (χ0n) is 10.5. The average Bonchev–Trinajstić information content (AvgIpc) is 2.78. The van der Waals surface area contributed by atoms with Crippen LogP contribution in [0.1, 0.15) is 16.2 Å². The summed E-state index contributed by atoms with van der Waals surface area (Å²) < 4.78 is 5.52. The normalized spacial score (nSPS) is 13.8. The Bertz CT molecular complexity index is 635. The average molecular weight is 258 g/mol. The number of fused-ring (bicyclic) bond motifs is 1. The van der Waals surface area contributed by atoms with Crippen molar-refractivity contribution in [1.29, 1.82) is 0 Å². The summed E-state index contributed by atoms with van der Waals surface area (Å²) in [6.45, 7) is 2.74. The summed E-state index contributed by atoms with van der Waals surface area (Å²) in [7, 11) is 0. The molecule has 0 spiro atoms. The maximum atomic E-state index is 12.5. The van der Waals surface area contributed by atoms with Crippen molar-refractivity contribution in [3.05, 3.63) is 35.7 Å². The second-order valence-corrected chi connectivity index (χ2v) is 4.38. The summed E-state index contributed by atoms with van der Waals surface area (Å²) in [5.41, 5.74) is 7.96. The van der Waals surface area contributed by atoms with Gasteiger partial charge in [-0.2, -0.15) is 5.10 Å². The van der Waals surface area contributed by atoms with Crippen molar-refractivity contribution in [2.24, 2.45) is 0 Å². The molecule has 1 amide bonds. The predicted molar refractivity (Wildman–Crippen MR) is 71.4 cm³/mol. The van der Waals surface area contributed by atoms with Gasteiger partial charge in [-0.1, -0.05) is 12.1 Å². The molecule has 0 radical (unpaired) electrons. The lowest BCUT2D eigenvalue weighted by molar-refractivity contribution is 0.0972. The number of hydrogen-bond donors (Lipinski definition) is 2. The molecule has 6 nitrogen and oxygen atoms in total. The van der Waals surface area contributed by atoms with Gasteiger partial charge in [-0.3, -0.25) is 14.8 Å². The highest BCUT2D eigenvalue weighted by atomic mass is 16.5. The van der Waals surface area contributed by atoms with Crippen LogP contribution in [0.5, 0.6) is 5.75 Å². The van der Waals surface area contributed by atoms with E-state index in [-0.39, 0.29) is 11.6 Å². The molecule has 1 aromatic heterocycles. The summed E-state index contributed by atoms with van der Waals surface area (Å²) in [6.07, 6.45) is 0. The number of rotatable bonds is 1. The van der Waals surface area contributed by atoms with E-state index in [1.807, 2.05) is 24.3 Å². The highest BCUT2D eigenvalue weighted by Gasteiger charge is 2.27. The minimum Gasteiger partial charge on any atom is -0.490 e. The first-order valence-corrected chi connectivity index (χ1v) is 6.02. The molecule has 19 heavy (non-hydrogen) atoms. The number of aromatic nitrogens is 2. The fraction of sp³-hybridized carbons (Fsp3) is 0.231. The van der Waals surface area contributed by atoms with Crippen LogP contribution in [-0.2, 0) is 0 Å². The Hall–Kier alpha value is -2.50. The van der Waals surface area contributed by atoms with Crippen molar-refractivity contribution in [1.82, 2.24) is 10.2 Å². The lowest BCUT2D eigenvalue weighted by atomic mass is 10.2. The monoisotopic (exact) mass is 258 g/mol. The summed E-state index contributed by atoms with van der Waals surface area (Å²) in [4.78, 5) is 14.1. The molecular weight excluding hydrogens is 244 g/mol. The number of aryl methyl sites for hydroxylation is 1. The van der Waals surface area contributed by atoms with Crippen LogP contribution in [0.2, 0.25) is 0 Å². The number of carbonyl (C=O) groups excluding carboxylic acids is 1. The van der Waals surface area contributed by atoms with Crippen molar-refractivity contribution in [2.75, 3.05) is 23.8 Å². The molecule has 0 unspecified atom stereocenters. The molecule has 0 saturated heterocycles. The van der Waals surface area contributed by atoms with Gasteiger partial charge in [-0.15, -0.1) is 0 Å². The van der Waals surface area contributed by atoms with E-state index < -0.39 is 0 Å². The lowest BCUT2D eigenvalue weighted by Gasteiger charge is -2.28. The standard InChI is InChI=1S/C13H14N4O2/c1-8-11(14)12(16-15-8)13(18)17-6-7-19-10-5-3-2-4-9(10)17/h2-5H,6-7,14H2,1H3,(H,15,16). The SMILES string of the molecule is Cc1[nH]nc(C(=O)N2CCOc3ccccc32)c1N. The van der Waals surface area contributed by atoms with Crippen LogP contribution >= 0.6 is 0 Å². The number of para-hydroxylation sites is 2. The van der Waals surface area contributed by atoms with Gasteiger partial charge in [0.2, 0.25) is 0 Å². The Kier molecular flexibility index (Phi) is 2.63. The number of H-pyrrole nitrogens is 1. The second kappa shape index (κ2) is 4.31. The number of nitrogens with two attached hydrogens (primary N) is 1. The maximum absolute atomic E-state index is 12.5. The first-order chi connectivity index (χ1) is 9.18. The summed E-state index contributed by atoms with van der Waals surface area (Å²) in [6, 6.07) is 7.43. The van der Waals surface area contributed by atoms with Crippen LogP contribution in [0.15, 0.2) is 24.3 Å². The van der Waals surface area contributed by atoms with Gasteiger partial charge in [-0.25, -0.2) is 0 Å². The molecule has 2 heterocycles. The Balaban J connectivity index is 2.00. The van der Waals surface area contributed by atoms with Gasteiger partial charge >= 0.3 is 0 Å². The van der Waals surface area contributed by atoms with Crippen LogP contribution < -0.4 is 15.4 Å². The van der Waals surface area contributed by atoms with Gasteiger partial charge in [0.15, 0.2) is 5.69 Å². The predicted octanol–water partition coefficient (Wildman–Crippen LogP) is 1.34. The molecule has 3 rings (SSSR count). The first-order valence-electron chi connectivity index (χ1n) is 6.02. The number of amides is 1. The summed E-state index contributed by atoms with van der Waals surface area (Å²) in [5, 5.41) is 6.71.